The maximum Gasteiger partial charge on any atom is 0.169 e. The molecule has 0 fully saturated rings. The molecule has 0 aliphatic carbocycles. The second-order valence-electron chi connectivity index (χ2n) is 3.47. The molecule has 0 heterocycles. The first-order valence-corrected chi connectivity index (χ1v) is 4.81. The molecule has 1 unspecified atom stereocenters. The Kier molecular flexibility index (Phi) is 3.95. The fourth-order valence-corrected chi connectivity index (χ4v) is 1.51. The molecule has 0 saturated heterocycles. The van der Waals surface area contributed by atoms with Crippen LogP contribution in [0.2, 0.25) is 0 Å². The van der Waals surface area contributed by atoms with Crippen molar-refractivity contribution in [3.63, 3.8) is 0 Å². The molecular formula is C11H15FO4. The Morgan fingerprint density at radius 1 is 1.38 bits per heavy atom. The van der Waals surface area contributed by atoms with Crippen molar-refractivity contribution in [1.82, 2.24) is 0 Å². The predicted octanol–water partition coefficient (Wildman–Crippen LogP) is 1.47. The summed E-state index contributed by atoms with van der Waals surface area (Å²) in [7, 11) is 2.77. The maximum absolute atomic E-state index is 13.3. The Balaban J connectivity index is 3.34. The summed E-state index contributed by atoms with van der Waals surface area (Å²) in [5.41, 5.74) is 0.203. The number of halogens is 1. The van der Waals surface area contributed by atoms with Crippen molar-refractivity contribution in [3.8, 4) is 17.2 Å². The van der Waals surface area contributed by atoms with E-state index in [2.05, 4.69) is 0 Å². The van der Waals surface area contributed by atoms with Crippen molar-refractivity contribution in [2.75, 3.05) is 14.2 Å². The highest BCUT2D eigenvalue weighted by Crippen LogP contribution is 2.39. The van der Waals surface area contributed by atoms with Crippen LogP contribution in [-0.2, 0) is 6.42 Å². The lowest BCUT2D eigenvalue weighted by Gasteiger charge is -2.15. The minimum Gasteiger partial charge on any atom is -0.505 e. The summed E-state index contributed by atoms with van der Waals surface area (Å²) in [5, 5.41) is 18.8. The highest BCUT2D eigenvalue weighted by Gasteiger charge is 2.20. The van der Waals surface area contributed by atoms with Gasteiger partial charge < -0.3 is 19.7 Å². The number of phenolic OH excluding ortho intramolecular Hbond substituents is 1. The topological polar surface area (TPSA) is 58.9 Å². The molecule has 1 aromatic carbocycles. The van der Waals surface area contributed by atoms with Crippen LogP contribution in [-0.4, -0.2) is 30.5 Å². The summed E-state index contributed by atoms with van der Waals surface area (Å²) in [5.74, 6) is -0.886. The number of hydrogen-bond donors (Lipinski definition) is 2. The van der Waals surface area contributed by atoms with Crippen molar-refractivity contribution in [2.45, 2.75) is 19.4 Å². The molecule has 0 amide bonds. The van der Waals surface area contributed by atoms with Gasteiger partial charge in [0.2, 0.25) is 0 Å². The van der Waals surface area contributed by atoms with Crippen molar-refractivity contribution >= 4 is 0 Å². The Morgan fingerprint density at radius 2 is 2.00 bits per heavy atom. The first kappa shape index (κ1) is 12.6. The number of hydrogen-bond acceptors (Lipinski definition) is 4. The molecule has 4 nitrogen and oxygen atoms in total. The summed E-state index contributed by atoms with van der Waals surface area (Å²) in [4.78, 5) is 0. The van der Waals surface area contributed by atoms with E-state index < -0.39 is 17.7 Å². The number of methoxy groups -OCH3 is 2. The third-order valence-electron chi connectivity index (χ3n) is 2.19. The van der Waals surface area contributed by atoms with Gasteiger partial charge in [0, 0.05) is 18.1 Å². The van der Waals surface area contributed by atoms with E-state index in [1.165, 1.54) is 21.1 Å². The largest absolute Gasteiger partial charge is 0.505 e. The summed E-state index contributed by atoms with van der Waals surface area (Å²) >= 11 is 0. The minimum absolute atomic E-state index is 0.0864. The van der Waals surface area contributed by atoms with Gasteiger partial charge in [-0.15, -0.1) is 0 Å². The molecule has 1 atom stereocenters. The van der Waals surface area contributed by atoms with Gasteiger partial charge >= 0.3 is 0 Å². The maximum atomic E-state index is 13.3. The lowest BCUT2D eigenvalue weighted by Crippen LogP contribution is -2.07. The third-order valence-corrected chi connectivity index (χ3v) is 2.19. The number of rotatable bonds is 4. The Bertz CT molecular complexity index is 377. The van der Waals surface area contributed by atoms with E-state index >= 15 is 0 Å². The lowest BCUT2D eigenvalue weighted by molar-refractivity contribution is 0.192. The molecule has 0 aliphatic rings. The van der Waals surface area contributed by atoms with Crippen LogP contribution >= 0.6 is 0 Å². The summed E-state index contributed by atoms with van der Waals surface area (Å²) in [6.07, 6.45) is -0.630. The standard InChI is InChI=1S/C11H15FO4/c1-6(13)4-7-10(14)8(12)5-9(15-2)11(7)16-3/h5-6,13-14H,4H2,1-3H3. The molecule has 0 aromatic heterocycles. The van der Waals surface area contributed by atoms with Gasteiger partial charge in [0.25, 0.3) is 0 Å². The molecule has 2 N–H and O–H groups in total. The van der Waals surface area contributed by atoms with E-state index in [1.807, 2.05) is 0 Å². The fourth-order valence-electron chi connectivity index (χ4n) is 1.51. The van der Waals surface area contributed by atoms with Crippen LogP contribution in [0.15, 0.2) is 6.07 Å². The van der Waals surface area contributed by atoms with Crippen LogP contribution in [0.4, 0.5) is 4.39 Å². The smallest absolute Gasteiger partial charge is 0.169 e. The van der Waals surface area contributed by atoms with Gasteiger partial charge in [0.15, 0.2) is 23.1 Å². The molecule has 16 heavy (non-hydrogen) atoms. The molecule has 0 saturated carbocycles. The first-order valence-electron chi connectivity index (χ1n) is 4.81. The zero-order valence-corrected chi connectivity index (χ0v) is 9.45. The van der Waals surface area contributed by atoms with Crippen LogP contribution in [0.1, 0.15) is 12.5 Å². The van der Waals surface area contributed by atoms with Crippen LogP contribution in [0.3, 0.4) is 0 Å². The molecule has 5 heteroatoms. The molecule has 0 aliphatic heterocycles. The zero-order valence-electron chi connectivity index (χ0n) is 9.45. The van der Waals surface area contributed by atoms with E-state index in [9.17, 15) is 14.6 Å². The van der Waals surface area contributed by atoms with Crippen molar-refractivity contribution in [1.29, 1.82) is 0 Å². The van der Waals surface area contributed by atoms with Gasteiger partial charge in [-0.1, -0.05) is 0 Å². The Hall–Kier alpha value is -1.49. The van der Waals surface area contributed by atoms with Crippen molar-refractivity contribution in [3.05, 3.63) is 17.4 Å². The second kappa shape index (κ2) is 5.03. The average Bonchev–Trinajstić information content (AvgIpc) is 2.23. The molecule has 1 rings (SSSR count). The third kappa shape index (κ3) is 2.36. The zero-order chi connectivity index (χ0) is 12.3. The Labute approximate surface area is 93.2 Å². The van der Waals surface area contributed by atoms with E-state index in [-0.39, 0.29) is 23.5 Å². The number of aliphatic hydroxyl groups excluding tert-OH is 1. The number of benzene rings is 1. The molecule has 0 radical (unpaired) electrons. The van der Waals surface area contributed by atoms with Gasteiger partial charge in [-0.3, -0.25) is 0 Å². The summed E-state index contributed by atoms with van der Waals surface area (Å²) in [6.45, 7) is 1.54. The van der Waals surface area contributed by atoms with Crippen LogP contribution in [0, 0.1) is 5.82 Å². The summed E-state index contributed by atoms with van der Waals surface area (Å²) < 4.78 is 23.3. The number of phenols is 1. The SMILES string of the molecule is COc1cc(F)c(O)c(CC(C)O)c1OC. The van der Waals surface area contributed by atoms with Gasteiger partial charge in [0.05, 0.1) is 20.3 Å². The quantitative estimate of drug-likeness (QED) is 0.822. The van der Waals surface area contributed by atoms with Gasteiger partial charge in [-0.05, 0) is 6.92 Å². The van der Waals surface area contributed by atoms with Crippen molar-refractivity contribution in [2.24, 2.45) is 0 Å². The molecule has 0 spiro atoms. The monoisotopic (exact) mass is 230 g/mol. The van der Waals surface area contributed by atoms with E-state index in [0.717, 1.165) is 6.07 Å². The van der Waals surface area contributed by atoms with Gasteiger partial charge in [-0.25, -0.2) is 4.39 Å². The van der Waals surface area contributed by atoms with Gasteiger partial charge in [0.1, 0.15) is 0 Å². The summed E-state index contributed by atoms with van der Waals surface area (Å²) in [6, 6.07) is 1.04. The normalized spacial score (nSPS) is 12.3. The number of aliphatic hydroxyl groups is 1. The van der Waals surface area contributed by atoms with Crippen LogP contribution in [0.25, 0.3) is 0 Å². The predicted molar refractivity (Wildman–Crippen MR) is 56.6 cm³/mol. The molecule has 0 bridgehead atoms. The number of ether oxygens (including phenoxy) is 2. The van der Waals surface area contributed by atoms with Crippen LogP contribution in [0.5, 0.6) is 17.2 Å². The second-order valence-corrected chi connectivity index (χ2v) is 3.47. The minimum atomic E-state index is -0.798. The Morgan fingerprint density at radius 3 is 2.44 bits per heavy atom. The van der Waals surface area contributed by atoms with E-state index in [4.69, 9.17) is 9.47 Å². The lowest BCUT2D eigenvalue weighted by atomic mass is 10.1. The first-order chi connectivity index (χ1) is 7.51. The highest BCUT2D eigenvalue weighted by molar-refractivity contribution is 5.54. The van der Waals surface area contributed by atoms with E-state index in [1.54, 1.807) is 0 Å². The molecule has 90 valence electrons. The van der Waals surface area contributed by atoms with Crippen molar-refractivity contribution < 1.29 is 24.1 Å². The highest BCUT2D eigenvalue weighted by atomic mass is 19.1. The molecule has 1 aromatic rings. The van der Waals surface area contributed by atoms with Crippen LogP contribution < -0.4 is 9.47 Å². The van der Waals surface area contributed by atoms with E-state index in [0.29, 0.717) is 0 Å². The number of aromatic hydroxyl groups is 1. The van der Waals surface area contributed by atoms with Gasteiger partial charge in [-0.2, -0.15) is 0 Å². The fraction of sp³-hybridized carbons (Fsp3) is 0.455. The molecular weight excluding hydrogens is 215 g/mol. The average molecular weight is 230 g/mol.